The van der Waals surface area contributed by atoms with E-state index in [2.05, 4.69) is 15.6 Å². The van der Waals surface area contributed by atoms with Gasteiger partial charge in [0.25, 0.3) is 5.91 Å². The summed E-state index contributed by atoms with van der Waals surface area (Å²) in [4.78, 5) is 27.6. The summed E-state index contributed by atoms with van der Waals surface area (Å²) >= 11 is 6.11. The second-order valence-corrected chi connectivity index (χ2v) is 5.18. The second-order valence-electron chi connectivity index (χ2n) is 4.78. The van der Waals surface area contributed by atoms with E-state index in [9.17, 15) is 9.59 Å². The van der Waals surface area contributed by atoms with Crippen LogP contribution in [0.1, 0.15) is 0 Å². The minimum atomic E-state index is -0.718. The van der Waals surface area contributed by atoms with Gasteiger partial charge in [0, 0.05) is 6.08 Å². The molecule has 0 fully saturated rings. The van der Waals surface area contributed by atoms with Crippen molar-refractivity contribution in [3.05, 3.63) is 71.4 Å². The molecule has 2 N–H and O–H groups in total. The van der Waals surface area contributed by atoms with Gasteiger partial charge in [-0.25, -0.2) is 4.99 Å². The topological polar surface area (TPSA) is 70.6 Å². The van der Waals surface area contributed by atoms with Crippen molar-refractivity contribution >= 4 is 40.5 Å². The van der Waals surface area contributed by atoms with Crippen LogP contribution in [0.15, 0.2) is 71.4 Å². The van der Waals surface area contributed by atoms with Crippen LogP contribution in [0.4, 0.5) is 11.4 Å². The highest BCUT2D eigenvalue weighted by Gasteiger charge is 2.24. The predicted octanol–water partition coefficient (Wildman–Crippen LogP) is 3.06. The van der Waals surface area contributed by atoms with Crippen molar-refractivity contribution in [3.63, 3.8) is 0 Å². The van der Waals surface area contributed by atoms with Crippen LogP contribution in [0.3, 0.4) is 0 Å². The number of carbonyl (C=O) groups excluding carboxylic acids is 2. The highest BCUT2D eigenvalue weighted by Crippen LogP contribution is 2.23. The number of anilines is 1. The molecule has 2 aromatic rings. The standard InChI is InChI=1S/C17H12ClN3O2/c18-12-8-4-5-9-13(12)20-14-10-15(22)17(23)21-16(14)19-11-6-2-1-3-7-11/h1-10,20H,(H,19,21,23). The molecule has 23 heavy (non-hydrogen) atoms. The lowest BCUT2D eigenvalue weighted by Crippen LogP contribution is -2.42. The monoisotopic (exact) mass is 325 g/mol. The third kappa shape index (κ3) is 3.46. The SMILES string of the molecule is O=C1C=C(Nc2ccccc2Cl)C(=Nc2ccccc2)NC1=O. The van der Waals surface area contributed by atoms with Crippen molar-refractivity contribution in [2.45, 2.75) is 0 Å². The lowest BCUT2D eigenvalue weighted by Gasteiger charge is -2.18. The van der Waals surface area contributed by atoms with Crippen molar-refractivity contribution in [1.29, 1.82) is 0 Å². The molecule has 0 spiro atoms. The molecule has 1 aliphatic rings. The fraction of sp³-hybridized carbons (Fsp3) is 0. The maximum atomic E-state index is 11.7. The summed E-state index contributed by atoms with van der Waals surface area (Å²) in [6, 6.07) is 16.2. The first-order valence-corrected chi connectivity index (χ1v) is 7.24. The molecule has 0 unspecified atom stereocenters. The Morgan fingerprint density at radius 3 is 2.39 bits per heavy atom. The van der Waals surface area contributed by atoms with E-state index in [0.717, 1.165) is 0 Å². The number of nitrogens with zero attached hydrogens (tertiary/aromatic N) is 1. The van der Waals surface area contributed by atoms with E-state index in [-0.39, 0.29) is 5.84 Å². The predicted molar refractivity (Wildman–Crippen MR) is 89.8 cm³/mol. The summed E-state index contributed by atoms with van der Waals surface area (Å²) < 4.78 is 0. The Hall–Kier alpha value is -2.92. The first kappa shape index (κ1) is 15.0. The van der Waals surface area contributed by atoms with Crippen LogP contribution < -0.4 is 10.6 Å². The molecule has 0 atom stereocenters. The lowest BCUT2D eigenvalue weighted by atomic mass is 10.2. The van der Waals surface area contributed by atoms with E-state index in [1.165, 1.54) is 6.08 Å². The number of nitrogens with one attached hydrogen (secondary N) is 2. The first-order valence-electron chi connectivity index (χ1n) is 6.86. The number of hydrogen-bond acceptors (Lipinski definition) is 4. The molecule has 0 saturated carbocycles. The van der Waals surface area contributed by atoms with Gasteiger partial charge in [0.1, 0.15) is 0 Å². The van der Waals surface area contributed by atoms with Gasteiger partial charge in [-0.1, -0.05) is 41.9 Å². The number of amides is 1. The van der Waals surface area contributed by atoms with Gasteiger partial charge in [0.2, 0.25) is 5.78 Å². The number of para-hydroxylation sites is 2. The van der Waals surface area contributed by atoms with Crippen molar-refractivity contribution in [1.82, 2.24) is 5.32 Å². The molecule has 6 heteroatoms. The molecule has 2 aromatic carbocycles. The highest BCUT2D eigenvalue weighted by molar-refractivity contribution is 6.47. The number of benzene rings is 2. The van der Waals surface area contributed by atoms with Crippen LogP contribution in [-0.2, 0) is 9.59 Å². The molecule has 0 bridgehead atoms. The van der Waals surface area contributed by atoms with Crippen LogP contribution >= 0.6 is 11.6 Å². The number of amidine groups is 1. The van der Waals surface area contributed by atoms with Crippen molar-refractivity contribution in [2.24, 2.45) is 4.99 Å². The normalized spacial score (nSPS) is 16.0. The minimum Gasteiger partial charge on any atom is -0.351 e. The smallest absolute Gasteiger partial charge is 0.297 e. The van der Waals surface area contributed by atoms with E-state index in [1.54, 1.807) is 30.3 Å². The molecule has 1 aliphatic heterocycles. The quantitative estimate of drug-likeness (QED) is 0.852. The minimum absolute atomic E-state index is 0.265. The van der Waals surface area contributed by atoms with Crippen LogP contribution in [0.2, 0.25) is 5.02 Å². The first-order chi connectivity index (χ1) is 11.1. The highest BCUT2D eigenvalue weighted by atomic mass is 35.5. The van der Waals surface area contributed by atoms with Gasteiger partial charge >= 0.3 is 0 Å². The largest absolute Gasteiger partial charge is 0.351 e. The molecule has 0 saturated heterocycles. The average molecular weight is 326 g/mol. The van der Waals surface area contributed by atoms with Gasteiger partial charge < -0.3 is 10.6 Å². The van der Waals surface area contributed by atoms with Crippen LogP contribution in [-0.4, -0.2) is 17.5 Å². The summed E-state index contributed by atoms with van der Waals surface area (Å²) in [5.41, 5.74) is 1.65. The fourth-order valence-electron chi connectivity index (χ4n) is 2.02. The molecule has 5 nitrogen and oxygen atoms in total. The number of hydrogen-bond donors (Lipinski definition) is 2. The summed E-state index contributed by atoms with van der Waals surface area (Å²) in [6.07, 6.45) is 1.21. The van der Waals surface area contributed by atoms with E-state index in [0.29, 0.717) is 22.1 Å². The summed E-state index contributed by atoms with van der Waals surface area (Å²) in [5.74, 6) is -1.10. The van der Waals surface area contributed by atoms with Gasteiger partial charge in [0.05, 0.1) is 22.1 Å². The Labute approximate surface area is 137 Å². The van der Waals surface area contributed by atoms with E-state index in [4.69, 9.17) is 11.6 Å². The maximum Gasteiger partial charge on any atom is 0.297 e. The number of ketones is 1. The summed E-state index contributed by atoms with van der Waals surface area (Å²) in [7, 11) is 0. The maximum absolute atomic E-state index is 11.7. The molecular weight excluding hydrogens is 314 g/mol. The third-order valence-electron chi connectivity index (χ3n) is 3.13. The fourth-order valence-corrected chi connectivity index (χ4v) is 2.21. The van der Waals surface area contributed by atoms with E-state index >= 15 is 0 Å². The van der Waals surface area contributed by atoms with Crippen molar-refractivity contribution in [3.8, 4) is 0 Å². The zero-order valence-corrected chi connectivity index (χ0v) is 12.7. The van der Waals surface area contributed by atoms with Crippen LogP contribution in [0, 0.1) is 0 Å². The number of aliphatic imine (C=N–C) groups is 1. The van der Waals surface area contributed by atoms with Crippen LogP contribution in [0.25, 0.3) is 0 Å². The lowest BCUT2D eigenvalue weighted by molar-refractivity contribution is -0.134. The zero-order valence-electron chi connectivity index (χ0n) is 11.9. The van der Waals surface area contributed by atoms with Gasteiger partial charge in [-0.3, -0.25) is 9.59 Å². The van der Waals surface area contributed by atoms with Gasteiger partial charge in [-0.2, -0.15) is 0 Å². The Balaban J connectivity index is 1.98. The molecule has 0 radical (unpaired) electrons. The Kier molecular flexibility index (Phi) is 4.21. The Bertz CT molecular complexity index is 829. The zero-order chi connectivity index (χ0) is 16.2. The van der Waals surface area contributed by atoms with Gasteiger partial charge in [-0.15, -0.1) is 0 Å². The molecule has 1 heterocycles. The van der Waals surface area contributed by atoms with E-state index in [1.807, 2.05) is 24.3 Å². The van der Waals surface area contributed by atoms with E-state index < -0.39 is 11.7 Å². The van der Waals surface area contributed by atoms with Crippen molar-refractivity contribution < 1.29 is 9.59 Å². The summed E-state index contributed by atoms with van der Waals surface area (Å²) in [5, 5.41) is 6.02. The van der Waals surface area contributed by atoms with Crippen LogP contribution in [0.5, 0.6) is 0 Å². The molecule has 114 valence electrons. The molecule has 0 aliphatic carbocycles. The molecular formula is C17H12ClN3O2. The molecule has 1 amide bonds. The Morgan fingerprint density at radius 1 is 0.957 bits per heavy atom. The molecule has 3 rings (SSSR count). The number of carbonyl (C=O) groups is 2. The van der Waals surface area contributed by atoms with Gasteiger partial charge in [0.15, 0.2) is 5.84 Å². The summed E-state index contributed by atoms with van der Waals surface area (Å²) in [6.45, 7) is 0. The Morgan fingerprint density at radius 2 is 1.65 bits per heavy atom. The average Bonchev–Trinajstić information content (AvgIpc) is 2.55. The number of rotatable bonds is 3. The van der Waals surface area contributed by atoms with Gasteiger partial charge in [-0.05, 0) is 24.3 Å². The number of halogens is 1. The van der Waals surface area contributed by atoms with Crippen molar-refractivity contribution in [2.75, 3.05) is 5.32 Å². The third-order valence-corrected chi connectivity index (χ3v) is 3.46. The second kappa shape index (κ2) is 6.46. The molecule has 0 aromatic heterocycles.